The first kappa shape index (κ1) is 15.4. The molecule has 0 fully saturated rings. The van der Waals surface area contributed by atoms with Crippen LogP contribution in [-0.4, -0.2) is 23.5 Å². The molecule has 1 heterocycles. The third-order valence-corrected chi connectivity index (χ3v) is 4.84. The second kappa shape index (κ2) is 7.72. The molecule has 0 amide bonds. The van der Waals surface area contributed by atoms with E-state index in [2.05, 4.69) is 61.4 Å². The number of nitrogens with zero attached hydrogens (tertiary/aromatic N) is 1. The zero-order valence-electron chi connectivity index (χ0n) is 12.8. The first-order valence-corrected chi connectivity index (χ1v) is 8.53. The number of hydrogen-bond donors (Lipinski definition) is 1. The van der Waals surface area contributed by atoms with Crippen molar-refractivity contribution in [2.24, 2.45) is 10.9 Å². The number of rotatable bonds is 6. The highest BCUT2D eigenvalue weighted by molar-refractivity contribution is 8.14. The van der Waals surface area contributed by atoms with Crippen LogP contribution in [0.3, 0.4) is 0 Å². The molecule has 2 rings (SSSR count). The number of aliphatic imine (C=N–C) groups is 1. The fourth-order valence-corrected chi connectivity index (χ4v) is 3.79. The maximum absolute atomic E-state index is 4.61. The Bertz CT molecular complexity index is 428. The molecule has 1 N–H and O–H groups in total. The Morgan fingerprint density at radius 3 is 2.70 bits per heavy atom. The van der Waals surface area contributed by atoms with Gasteiger partial charge >= 0.3 is 0 Å². The molecule has 0 radical (unpaired) electrons. The van der Waals surface area contributed by atoms with E-state index in [1.54, 1.807) is 0 Å². The van der Waals surface area contributed by atoms with E-state index in [4.69, 9.17) is 0 Å². The maximum atomic E-state index is 4.61. The van der Waals surface area contributed by atoms with Gasteiger partial charge in [-0.15, -0.1) is 0 Å². The molecule has 3 heteroatoms. The Morgan fingerprint density at radius 1 is 1.25 bits per heavy atom. The van der Waals surface area contributed by atoms with Crippen LogP contribution in [0.5, 0.6) is 0 Å². The van der Waals surface area contributed by atoms with Crippen molar-refractivity contribution in [3.05, 3.63) is 35.9 Å². The highest BCUT2D eigenvalue weighted by atomic mass is 32.2. The minimum Gasteiger partial charge on any atom is -0.365 e. The molecule has 0 spiro atoms. The molecule has 0 saturated heterocycles. The Morgan fingerprint density at radius 2 is 2.00 bits per heavy atom. The summed E-state index contributed by atoms with van der Waals surface area (Å²) >= 11 is 1.93. The molecule has 20 heavy (non-hydrogen) atoms. The number of amidine groups is 1. The SMILES string of the molecule is CC(C)CC1CN=C(NCCC(C)c2ccccc2)S1. The zero-order valence-corrected chi connectivity index (χ0v) is 13.6. The lowest BCUT2D eigenvalue weighted by Crippen LogP contribution is -2.22. The van der Waals surface area contributed by atoms with Gasteiger partial charge in [0.05, 0.1) is 6.54 Å². The van der Waals surface area contributed by atoms with Crippen molar-refractivity contribution in [2.45, 2.75) is 44.8 Å². The van der Waals surface area contributed by atoms with Gasteiger partial charge in [0, 0.05) is 11.8 Å². The summed E-state index contributed by atoms with van der Waals surface area (Å²) in [5, 5.41) is 5.33. The van der Waals surface area contributed by atoms with Gasteiger partial charge in [-0.1, -0.05) is 62.9 Å². The first-order valence-electron chi connectivity index (χ1n) is 7.65. The Kier molecular flexibility index (Phi) is 5.96. The average molecular weight is 290 g/mol. The van der Waals surface area contributed by atoms with Gasteiger partial charge in [-0.3, -0.25) is 4.99 Å². The van der Waals surface area contributed by atoms with E-state index >= 15 is 0 Å². The molecule has 1 aromatic carbocycles. The van der Waals surface area contributed by atoms with Crippen LogP contribution < -0.4 is 5.32 Å². The van der Waals surface area contributed by atoms with Gasteiger partial charge in [-0.2, -0.15) is 0 Å². The molecule has 2 atom stereocenters. The fourth-order valence-electron chi connectivity index (χ4n) is 2.51. The normalized spacial score (nSPS) is 20.0. The number of nitrogens with one attached hydrogen (secondary N) is 1. The second-order valence-electron chi connectivity index (χ2n) is 6.04. The van der Waals surface area contributed by atoms with Crippen molar-refractivity contribution in [3.63, 3.8) is 0 Å². The minimum atomic E-state index is 0.599. The van der Waals surface area contributed by atoms with Crippen molar-refractivity contribution in [3.8, 4) is 0 Å². The lowest BCUT2D eigenvalue weighted by atomic mass is 9.98. The number of benzene rings is 1. The van der Waals surface area contributed by atoms with Crippen molar-refractivity contribution in [2.75, 3.05) is 13.1 Å². The van der Waals surface area contributed by atoms with Crippen molar-refractivity contribution in [1.29, 1.82) is 0 Å². The molecule has 0 saturated carbocycles. The molecular formula is C17H26N2S. The van der Waals surface area contributed by atoms with Crippen molar-refractivity contribution >= 4 is 16.9 Å². The predicted molar refractivity (Wildman–Crippen MR) is 90.6 cm³/mol. The van der Waals surface area contributed by atoms with Gasteiger partial charge in [0.25, 0.3) is 0 Å². The van der Waals surface area contributed by atoms with Crippen LogP contribution in [0.1, 0.15) is 45.1 Å². The Labute approximate surface area is 127 Å². The number of thioether (sulfide) groups is 1. The molecule has 2 nitrogen and oxygen atoms in total. The third kappa shape index (κ3) is 4.86. The Hall–Kier alpha value is -0.960. The third-order valence-electron chi connectivity index (χ3n) is 3.67. The van der Waals surface area contributed by atoms with Gasteiger partial charge in [0.15, 0.2) is 5.17 Å². The van der Waals surface area contributed by atoms with E-state index < -0.39 is 0 Å². The molecule has 0 aromatic heterocycles. The zero-order chi connectivity index (χ0) is 14.4. The molecule has 1 aromatic rings. The van der Waals surface area contributed by atoms with E-state index in [-0.39, 0.29) is 0 Å². The summed E-state index contributed by atoms with van der Waals surface area (Å²) < 4.78 is 0. The highest BCUT2D eigenvalue weighted by Crippen LogP contribution is 2.25. The van der Waals surface area contributed by atoms with Crippen LogP contribution in [0.4, 0.5) is 0 Å². The summed E-state index contributed by atoms with van der Waals surface area (Å²) in [6.07, 6.45) is 2.41. The average Bonchev–Trinajstić information content (AvgIpc) is 2.86. The number of hydrogen-bond acceptors (Lipinski definition) is 3. The molecule has 1 aliphatic heterocycles. The molecule has 1 aliphatic rings. The van der Waals surface area contributed by atoms with E-state index in [9.17, 15) is 0 Å². The molecule has 2 unspecified atom stereocenters. The summed E-state index contributed by atoms with van der Waals surface area (Å²) in [5.74, 6) is 1.36. The van der Waals surface area contributed by atoms with Crippen LogP contribution in [-0.2, 0) is 0 Å². The fraction of sp³-hybridized carbons (Fsp3) is 0.588. The van der Waals surface area contributed by atoms with E-state index in [0.29, 0.717) is 11.2 Å². The van der Waals surface area contributed by atoms with E-state index in [1.807, 2.05) is 11.8 Å². The van der Waals surface area contributed by atoms with E-state index in [0.717, 1.165) is 30.6 Å². The van der Waals surface area contributed by atoms with Crippen LogP contribution in [0.2, 0.25) is 0 Å². The van der Waals surface area contributed by atoms with Crippen LogP contribution in [0, 0.1) is 5.92 Å². The molecule has 0 aliphatic carbocycles. The van der Waals surface area contributed by atoms with E-state index in [1.165, 1.54) is 12.0 Å². The summed E-state index contributed by atoms with van der Waals surface area (Å²) in [5.41, 5.74) is 1.42. The van der Waals surface area contributed by atoms with Gasteiger partial charge in [0.1, 0.15) is 0 Å². The lowest BCUT2D eigenvalue weighted by Gasteiger charge is -2.14. The first-order chi connectivity index (χ1) is 9.65. The minimum absolute atomic E-state index is 0.599. The lowest BCUT2D eigenvalue weighted by molar-refractivity contribution is 0.575. The smallest absolute Gasteiger partial charge is 0.156 e. The van der Waals surface area contributed by atoms with Crippen LogP contribution >= 0.6 is 11.8 Å². The second-order valence-corrected chi connectivity index (χ2v) is 7.33. The largest absolute Gasteiger partial charge is 0.365 e. The molecular weight excluding hydrogens is 264 g/mol. The van der Waals surface area contributed by atoms with Gasteiger partial charge < -0.3 is 5.32 Å². The van der Waals surface area contributed by atoms with Gasteiger partial charge in [-0.25, -0.2) is 0 Å². The topological polar surface area (TPSA) is 24.4 Å². The summed E-state index contributed by atoms with van der Waals surface area (Å²) in [6.45, 7) is 8.86. The summed E-state index contributed by atoms with van der Waals surface area (Å²) in [6, 6.07) is 10.7. The van der Waals surface area contributed by atoms with Gasteiger partial charge in [0.2, 0.25) is 0 Å². The maximum Gasteiger partial charge on any atom is 0.156 e. The quantitative estimate of drug-likeness (QED) is 0.845. The molecule has 110 valence electrons. The molecule has 0 bridgehead atoms. The van der Waals surface area contributed by atoms with Gasteiger partial charge in [-0.05, 0) is 30.2 Å². The highest BCUT2D eigenvalue weighted by Gasteiger charge is 2.20. The van der Waals surface area contributed by atoms with Crippen LogP contribution in [0.25, 0.3) is 0 Å². The standard InChI is InChI=1S/C17H26N2S/c1-13(2)11-16-12-19-17(20-16)18-10-9-14(3)15-7-5-4-6-8-15/h4-8,13-14,16H,9-12H2,1-3H3,(H,18,19). The summed E-state index contributed by atoms with van der Waals surface area (Å²) in [7, 11) is 0. The van der Waals surface area contributed by atoms with Crippen LogP contribution in [0.15, 0.2) is 35.3 Å². The van der Waals surface area contributed by atoms with Crippen molar-refractivity contribution in [1.82, 2.24) is 5.32 Å². The summed E-state index contributed by atoms with van der Waals surface area (Å²) in [4.78, 5) is 4.61. The monoisotopic (exact) mass is 290 g/mol. The van der Waals surface area contributed by atoms with Crippen molar-refractivity contribution < 1.29 is 0 Å². The Balaban J connectivity index is 1.67. The predicted octanol–water partition coefficient (Wildman–Crippen LogP) is 4.29.